The minimum Gasteiger partial charge on any atom is -0.368 e. The number of hydrogen-bond acceptors (Lipinski definition) is 7. The molecule has 0 saturated carbocycles. The van der Waals surface area contributed by atoms with Gasteiger partial charge in [-0.1, -0.05) is 20.8 Å². The summed E-state index contributed by atoms with van der Waals surface area (Å²) in [5.74, 6) is 7.06. The molecule has 0 amide bonds. The molecule has 1 heterocycles. The van der Waals surface area contributed by atoms with Gasteiger partial charge < -0.3 is 10.7 Å². The molecule has 4 N–H and O–H groups in total. The molecule has 0 atom stereocenters. The number of nitrogens with two attached hydrogens (primary N) is 1. The molecule has 0 aromatic carbocycles. The van der Waals surface area contributed by atoms with E-state index in [0.29, 0.717) is 17.5 Å². The first-order valence-corrected chi connectivity index (χ1v) is 8.55. The van der Waals surface area contributed by atoms with Gasteiger partial charge in [-0.25, -0.2) is 24.2 Å². The Labute approximate surface area is 126 Å². The maximum atomic E-state index is 11.7. The lowest BCUT2D eigenvalue weighted by Gasteiger charge is -2.24. The van der Waals surface area contributed by atoms with Crippen LogP contribution in [0.25, 0.3) is 0 Å². The Morgan fingerprint density at radius 2 is 1.67 bits per heavy atom. The Hall–Kier alpha value is -1.41. The van der Waals surface area contributed by atoms with Crippen LogP contribution in [0.3, 0.4) is 0 Å². The molecule has 21 heavy (non-hydrogen) atoms. The minimum absolute atomic E-state index is 0.240. The van der Waals surface area contributed by atoms with Crippen molar-refractivity contribution in [1.29, 1.82) is 0 Å². The predicted octanol–water partition coefficient (Wildman–Crippen LogP) is 1.29. The van der Waals surface area contributed by atoms with E-state index in [1.54, 1.807) is 19.9 Å². The Morgan fingerprint density at radius 3 is 2.10 bits per heavy atom. The predicted molar refractivity (Wildman–Crippen MR) is 86.0 cm³/mol. The van der Waals surface area contributed by atoms with Crippen molar-refractivity contribution in [2.75, 3.05) is 23.5 Å². The van der Waals surface area contributed by atoms with E-state index in [2.05, 4.69) is 20.7 Å². The van der Waals surface area contributed by atoms with E-state index in [9.17, 15) is 8.42 Å². The van der Waals surface area contributed by atoms with Crippen molar-refractivity contribution >= 4 is 21.5 Å². The number of nitrogens with zero attached hydrogens (tertiary/aromatic N) is 2. The summed E-state index contributed by atoms with van der Waals surface area (Å²) in [6, 6.07) is 1.65. The molecule has 0 saturated heterocycles. The van der Waals surface area contributed by atoms with Crippen LogP contribution in [0.15, 0.2) is 6.07 Å². The average Bonchev–Trinajstić information content (AvgIpc) is 2.33. The zero-order valence-electron chi connectivity index (χ0n) is 13.5. The van der Waals surface area contributed by atoms with E-state index in [-0.39, 0.29) is 12.0 Å². The Kier molecular flexibility index (Phi) is 4.84. The Bertz CT molecular complexity index is 605. The number of nitrogens with one attached hydrogen (secondary N) is 2. The molecule has 1 rings (SSSR count). The van der Waals surface area contributed by atoms with E-state index in [1.165, 1.54) is 6.26 Å². The first-order valence-electron chi connectivity index (χ1n) is 6.66. The van der Waals surface area contributed by atoms with E-state index in [1.807, 2.05) is 20.8 Å². The highest BCUT2D eigenvalue weighted by atomic mass is 32.2. The monoisotopic (exact) mass is 315 g/mol. The van der Waals surface area contributed by atoms with Crippen molar-refractivity contribution in [2.24, 2.45) is 5.84 Å². The highest BCUT2D eigenvalue weighted by Gasteiger charge is 2.30. The van der Waals surface area contributed by atoms with Crippen LogP contribution < -0.4 is 16.6 Å². The highest BCUT2D eigenvalue weighted by molar-refractivity contribution is 7.92. The molecule has 0 aliphatic carbocycles. The number of aromatic nitrogens is 2. The van der Waals surface area contributed by atoms with Gasteiger partial charge in [0.15, 0.2) is 9.84 Å². The van der Waals surface area contributed by atoms with Crippen LogP contribution in [-0.2, 0) is 15.3 Å². The van der Waals surface area contributed by atoms with Crippen molar-refractivity contribution in [3.63, 3.8) is 0 Å². The van der Waals surface area contributed by atoms with Crippen LogP contribution in [0, 0.1) is 0 Å². The Balaban J connectivity index is 3.04. The van der Waals surface area contributed by atoms with Crippen LogP contribution in [0.1, 0.15) is 40.4 Å². The number of sulfone groups is 1. The van der Waals surface area contributed by atoms with Crippen LogP contribution >= 0.6 is 0 Å². The summed E-state index contributed by atoms with van der Waals surface area (Å²) in [6.07, 6.45) is 1.22. The molecule has 1 aromatic rings. The molecular weight excluding hydrogens is 290 g/mol. The summed E-state index contributed by atoms with van der Waals surface area (Å²) in [7, 11) is -3.17. The smallest absolute Gasteiger partial charge is 0.154 e. The van der Waals surface area contributed by atoms with Gasteiger partial charge in [-0.05, 0) is 13.8 Å². The summed E-state index contributed by atoms with van der Waals surface area (Å²) in [4.78, 5) is 8.74. The van der Waals surface area contributed by atoms with Gasteiger partial charge in [-0.15, -0.1) is 0 Å². The topological polar surface area (TPSA) is 110 Å². The van der Waals surface area contributed by atoms with Crippen molar-refractivity contribution in [2.45, 2.75) is 44.8 Å². The van der Waals surface area contributed by atoms with E-state index in [4.69, 9.17) is 5.84 Å². The van der Waals surface area contributed by atoms with Crippen molar-refractivity contribution in [3.05, 3.63) is 11.9 Å². The number of rotatable bonds is 5. The third kappa shape index (κ3) is 4.53. The fraction of sp³-hybridized carbons (Fsp3) is 0.692. The zero-order valence-corrected chi connectivity index (χ0v) is 14.3. The largest absolute Gasteiger partial charge is 0.368 e. The van der Waals surface area contributed by atoms with Gasteiger partial charge in [0.1, 0.15) is 17.5 Å². The first-order chi connectivity index (χ1) is 9.37. The number of hydrogen-bond donors (Lipinski definition) is 3. The van der Waals surface area contributed by atoms with Gasteiger partial charge in [0.05, 0.1) is 4.75 Å². The lowest BCUT2D eigenvalue weighted by atomic mass is 9.96. The molecule has 0 unspecified atom stereocenters. The minimum atomic E-state index is -3.17. The SMILES string of the molecule is CC(C)(C)c1nc(NN)cc(NCC(C)(C)S(C)(=O)=O)n1. The standard InChI is InChI=1S/C13H25N5O2S/c1-12(2,3)11-16-9(7-10(17-11)18-14)15-8-13(4,5)21(6,19)20/h7H,8,14H2,1-6H3,(H2,15,16,17,18). The quantitative estimate of drug-likeness (QED) is 0.555. The van der Waals surface area contributed by atoms with Crippen LogP contribution in [-0.4, -0.2) is 35.9 Å². The third-order valence-corrected chi connectivity index (χ3v) is 5.40. The maximum absolute atomic E-state index is 11.7. The molecule has 0 aliphatic rings. The average molecular weight is 315 g/mol. The second-order valence-electron chi connectivity index (χ2n) is 6.74. The molecule has 1 aromatic heterocycles. The molecule has 8 heteroatoms. The molecule has 0 bridgehead atoms. The number of hydrazine groups is 1. The number of nitrogen functional groups attached to an aromatic ring is 1. The molecule has 0 fully saturated rings. The van der Waals surface area contributed by atoms with E-state index >= 15 is 0 Å². The number of anilines is 2. The summed E-state index contributed by atoms with van der Waals surface area (Å²) in [6.45, 7) is 9.57. The Morgan fingerprint density at radius 1 is 1.14 bits per heavy atom. The summed E-state index contributed by atoms with van der Waals surface area (Å²) < 4.78 is 22.5. The molecule has 7 nitrogen and oxygen atoms in total. The highest BCUT2D eigenvalue weighted by Crippen LogP contribution is 2.23. The molecular formula is C13H25N5O2S. The van der Waals surface area contributed by atoms with Crippen molar-refractivity contribution < 1.29 is 8.42 Å². The van der Waals surface area contributed by atoms with Gasteiger partial charge in [0, 0.05) is 24.3 Å². The van der Waals surface area contributed by atoms with Gasteiger partial charge in [-0.3, -0.25) is 0 Å². The summed E-state index contributed by atoms with van der Waals surface area (Å²) >= 11 is 0. The second-order valence-corrected chi connectivity index (χ2v) is 9.39. The van der Waals surface area contributed by atoms with E-state index < -0.39 is 14.6 Å². The molecule has 120 valence electrons. The van der Waals surface area contributed by atoms with Gasteiger partial charge in [0.25, 0.3) is 0 Å². The van der Waals surface area contributed by atoms with E-state index in [0.717, 1.165) is 0 Å². The second kappa shape index (κ2) is 5.76. The lowest BCUT2D eigenvalue weighted by molar-refractivity contribution is 0.545. The maximum Gasteiger partial charge on any atom is 0.154 e. The van der Waals surface area contributed by atoms with Gasteiger partial charge in [0.2, 0.25) is 0 Å². The van der Waals surface area contributed by atoms with Crippen molar-refractivity contribution in [3.8, 4) is 0 Å². The third-order valence-electron chi connectivity index (χ3n) is 3.24. The van der Waals surface area contributed by atoms with Crippen LogP contribution in [0.5, 0.6) is 0 Å². The fourth-order valence-electron chi connectivity index (χ4n) is 1.38. The first kappa shape index (κ1) is 17.6. The van der Waals surface area contributed by atoms with Crippen LogP contribution in [0.4, 0.5) is 11.6 Å². The van der Waals surface area contributed by atoms with Crippen LogP contribution in [0.2, 0.25) is 0 Å². The molecule has 0 aliphatic heterocycles. The van der Waals surface area contributed by atoms with Gasteiger partial charge in [-0.2, -0.15) is 0 Å². The molecule has 0 radical (unpaired) electrons. The zero-order chi connectivity index (χ0) is 16.5. The normalized spacial score (nSPS) is 13.1. The lowest BCUT2D eigenvalue weighted by Crippen LogP contribution is -2.38. The molecule has 0 spiro atoms. The summed E-state index contributed by atoms with van der Waals surface area (Å²) in [5.41, 5.74) is 2.26. The van der Waals surface area contributed by atoms with Crippen molar-refractivity contribution in [1.82, 2.24) is 9.97 Å². The fourth-order valence-corrected chi connectivity index (χ4v) is 1.72. The summed E-state index contributed by atoms with van der Waals surface area (Å²) in [5, 5.41) is 3.05. The van der Waals surface area contributed by atoms with Gasteiger partial charge >= 0.3 is 0 Å².